The molecule has 1 heterocycles. The molecular weight excluding hydrogens is 548 g/mol. The average molecular weight is 584 g/mol. The van der Waals surface area contributed by atoms with Gasteiger partial charge in [0, 0.05) is 22.8 Å². The maximum atomic E-state index is 5.06. The van der Waals surface area contributed by atoms with E-state index in [9.17, 15) is 0 Å². The fourth-order valence-electron chi connectivity index (χ4n) is 5.95. The number of aryl methyl sites for hydroxylation is 3. The summed E-state index contributed by atoms with van der Waals surface area (Å²) in [6.07, 6.45) is 0. The van der Waals surface area contributed by atoms with Crippen LogP contribution in [0.5, 0.6) is 0 Å². The molecule has 218 valence electrons. The summed E-state index contributed by atoms with van der Waals surface area (Å²) in [5.74, 6) is 0.670. The Balaban J connectivity index is 1.24. The maximum Gasteiger partial charge on any atom is 0.269 e. The summed E-state index contributed by atoms with van der Waals surface area (Å²) < 4.78 is 2.04. The molecule has 0 aliphatic carbocycles. The first-order chi connectivity index (χ1) is 22.0. The van der Waals surface area contributed by atoms with E-state index in [1.807, 2.05) is 9.71 Å². The van der Waals surface area contributed by atoms with Crippen LogP contribution in [-0.2, 0) is 0 Å². The van der Waals surface area contributed by atoms with E-state index < -0.39 is 0 Å². The highest BCUT2D eigenvalue weighted by Crippen LogP contribution is 2.30. The zero-order valence-corrected chi connectivity index (χ0v) is 25.9. The number of hydrazone groups is 1. The number of rotatable bonds is 6. The van der Waals surface area contributed by atoms with Gasteiger partial charge in [-0.1, -0.05) is 114 Å². The second-order valence-corrected chi connectivity index (χ2v) is 11.6. The summed E-state index contributed by atoms with van der Waals surface area (Å²) in [6.45, 7) is 6.95. The Kier molecular flexibility index (Phi) is 7.62. The molecule has 0 N–H and O–H groups in total. The van der Waals surface area contributed by atoms with Crippen LogP contribution in [0.3, 0.4) is 0 Å². The molecule has 0 fully saturated rings. The van der Waals surface area contributed by atoms with E-state index in [4.69, 9.17) is 10.2 Å². The van der Waals surface area contributed by atoms with Gasteiger partial charge >= 0.3 is 0 Å². The number of benzene rings is 6. The SMILES string of the molecule is Cc1ccccc1-c1ccc(C2=NN(c3ccc(-c4ccccc4C)cc3)C[N+](c3ccc(-c4ccccc4C)cc3)=N2)cc1. The van der Waals surface area contributed by atoms with Crippen molar-refractivity contribution in [2.45, 2.75) is 20.8 Å². The molecule has 0 saturated carbocycles. The van der Waals surface area contributed by atoms with Crippen molar-refractivity contribution in [2.24, 2.45) is 10.2 Å². The topological polar surface area (TPSA) is 31.0 Å². The molecule has 45 heavy (non-hydrogen) atoms. The fraction of sp³-hybridized carbons (Fsp3) is 0.0976. The molecule has 7 rings (SSSR count). The summed E-state index contributed by atoms with van der Waals surface area (Å²) in [4.78, 5) is 0. The van der Waals surface area contributed by atoms with Crippen LogP contribution in [-0.4, -0.2) is 17.2 Å². The zero-order valence-electron chi connectivity index (χ0n) is 25.9. The first-order valence-corrected chi connectivity index (χ1v) is 15.4. The quantitative estimate of drug-likeness (QED) is 0.179. The highest BCUT2D eigenvalue weighted by Gasteiger charge is 2.26. The van der Waals surface area contributed by atoms with Crippen LogP contribution in [0.15, 0.2) is 156 Å². The van der Waals surface area contributed by atoms with Gasteiger partial charge in [-0.15, -0.1) is 5.10 Å². The lowest BCUT2D eigenvalue weighted by atomic mass is 9.99. The summed E-state index contributed by atoms with van der Waals surface area (Å²) in [5.41, 5.74) is 14.1. The minimum absolute atomic E-state index is 0.498. The normalized spacial score (nSPS) is 12.9. The Morgan fingerprint density at radius 2 is 0.867 bits per heavy atom. The minimum Gasteiger partial charge on any atom is -0.201 e. The van der Waals surface area contributed by atoms with E-state index in [1.54, 1.807) is 0 Å². The first-order valence-electron chi connectivity index (χ1n) is 15.4. The smallest absolute Gasteiger partial charge is 0.201 e. The predicted molar refractivity (Wildman–Crippen MR) is 186 cm³/mol. The molecule has 4 nitrogen and oxygen atoms in total. The maximum absolute atomic E-state index is 5.06. The first kappa shape index (κ1) is 28.2. The van der Waals surface area contributed by atoms with Gasteiger partial charge in [0.25, 0.3) is 6.67 Å². The lowest BCUT2D eigenvalue weighted by molar-refractivity contribution is -0.508. The molecule has 6 aromatic rings. The van der Waals surface area contributed by atoms with Crippen molar-refractivity contribution in [3.63, 3.8) is 0 Å². The van der Waals surface area contributed by atoms with Crippen LogP contribution in [0, 0.1) is 20.8 Å². The lowest BCUT2D eigenvalue weighted by Crippen LogP contribution is -2.31. The van der Waals surface area contributed by atoms with Crippen LogP contribution >= 0.6 is 0 Å². The number of amidine groups is 1. The molecule has 0 bridgehead atoms. The van der Waals surface area contributed by atoms with E-state index in [1.165, 1.54) is 50.1 Å². The summed E-state index contributed by atoms with van der Waals surface area (Å²) in [6, 6.07) is 51.3. The molecule has 0 spiro atoms. The standard InChI is InChI=1S/C41H35N4/c1-29-10-4-7-13-38(29)32-16-18-35(19-17-32)41-42-44(36-24-20-33(21-25-36)39-14-8-5-11-30(39)2)28-45(43-41)37-26-22-34(23-27-37)40-15-9-6-12-31(40)3/h4-27H,28H2,1-3H3/q+1. The number of hydrogen-bond acceptors (Lipinski definition) is 3. The molecular formula is C41H35N4+. The third kappa shape index (κ3) is 5.83. The molecule has 0 saturated heterocycles. The largest absolute Gasteiger partial charge is 0.269 e. The Bertz CT molecular complexity index is 2040. The van der Waals surface area contributed by atoms with Crippen molar-refractivity contribution in [3.05, 3.63) is 168 Å². The average Bonchev–Trinajstić information content (AvgIpc) is 3.09. The van der Waals surface area contributed by atoms with E-state index in [2.05, 4.69) is 166 Å². The zero-order chi connectivity index (χ0) is 30.8. The van der Waals surface area contributed by atoms with Gasteiger partial charge in [-0.25, -0.2) is 5.01 Å². The fourth-order valence-corrected chi connectivity index (χ4v) is 5.95. The molecule has 0 amide bonds. The third-order valence-corrected chi connectivity index (χ3v) is 8.54. The Hall–Kier alpha value is -5.61. The van der Waals surface area contributed by atoms with Gasteiger partial charge in [0.05, 0.1) is 5.69 Å². The van der Waals surface area contributed by atoms with Gasteiger partial charge < -0.3 is 0 Å². The molecule has 0 aromatic heterocycles. The number of hydrogen-bond donors (Lipinski definition) is 0. The molecule has 4 heteroatoms. The van der Waals surface area contributed by atoms with E-state index in [0.717, 1.165) is 16.9 Å². The van der Waals surface area contributed by atoms with Gasteiger partial charge in [-0.3, -0.25) is 0 Å². The van der Waals surface area contributed by atoms with Crippen molar-refractivity contribution in [2.75, 3.05) is 11.7 Å². The van der Waals surface area contributed by atoms with Gasteiger partial charge in [-0.2, -0.15) is 0 Å². The van der Waals surface area contributed by atoms with Crippen molar-refractivity contribution < 1.29 is 4.70 Å². The molecule has 0 unspecified atom stereocenters. The molecule has 0 radical (unpaired) electrons. The molecule has 1 aliphatic rings. The highest BCUT2D eigenvalue weighted by atomic mass is 15.6. The Labute approximate surface area is 265 Å². The van der Waals surface area contributed by atoms with Gasteiger partial charge in [-0.05, 0) is 95.1 Å². The van der Waals surface area contributed by atoms with Crippen molar-refractivity contribution in [3.8, 4) is 33.4 Å². The van der Waals surface area contributed by atoms with Crippen molar-refractivity contribution in [1.82, 2.24) is 0 Å². The summed E-state index contributed by atoms with van der Waals surface area (Å²) in [5, 5.41) is 12.1. The second kappa shape index (κ2) is 12.2. The summed E-state index contributed by atoms with van der Waals surface area (Å²) in [7, 11) is 0. The Morgan fingerprint density at radius 3 is 1.33 bits per heavy atom. The molecule has 6 aromatic carbocycles. The van der Waals surface area contributed by atoms with E-state index in [0.29, 0.717) is 12.5 Å². The van der Waals surface area contributed by atoms with Gasteiger partial charge in [0.15, 0.2) is 0 Å². The third-order valence-electron chi connectivity index (χ3n) is 8.54. The van der Waals surface area contributed by atoms with E-state index >= 15 is 0 Å². The van der Waals surface area contributed by atoms with Gasteiger partial charge in [0.1, 0.15) is 0 Å². The predicted octanol–water partition coefficient (Wildman–Crippen LogP) is 10.5. The van der Waals surface area contributed by atoms with Gasteiger partial charge in [0.2, 0.25) is 11.5 Å². The van der Waals surface area contributed by atoms with Crippen LogP contribution in [0.25, 0.3) is 33.4 Å². The van der Waals surface area contributed by atoms with E-state index in [-0.39, 0.29) is 0 Å². The number of anilines is 1. The second-order valence-electron chi connectivity index (χ2n) is 11.6. The minimum atomic E-state index is 0.498. The van der Waals surface area contributed by atoms with Crippen LogP contribution < -0.4 is 5.01 Å². The van der Waals surface area contributed by atoms with Crippen molar-refractivity contribution in [1.29, 1.82) is 0 Å². The number of nitrogens with zero attached hydrogens (tertiary/aromatic N) is 4. The summed E-state index contributed by atoms with van der Waals surface area (Å²) >= 11 is 0. The lowest BCUT2D eigenvalue weighted by Gasteiger charge is -2.21. The highest BCUT2D eigenvalue weighted by molar-refractivity contribution is 6.00. The van der Waals surface area contributed by atoms with Crippen LogP contribution in [0.4, 0.5) is 11.4 Å². The van der Waals surface area contributed by atoms with Crippen molar-refractivity contribution >= 4 is 17.2 Å². The Morgan fingerprint density at radius 1 is 0.467 bits per heavy atom. The molecule has 0 atom stereocenters. The molecule has 1 aliphatic heterocycles. The van der Waals surface area contributed by atoms with Crippen LogP contribution in [0.2, 0.25) is 0 Å². The monoisotopic (exact) mass is 583 g/mol. The number of azo groups is 2. The van der Waals surface area contributed by atoms with Crippen LogP contribution in [0.1, 0.15) is 22.3 Å².